The van der Waals surface area contributed by atoms with Gasteiger partial charge in [0, 0.05) is 22.6 Å². The van der Waals surface area contributed by atoms with Gasteiger partial charge in [-0.05, 0) is 31.5 Å². The van der Waals surface area contributed by atoms with E-state index in [4.69, 9.17) is 5.11 Å². The van der Waals surface area contributed by atoms with Crippen LogP contribution < -0.4 is 5.32 Å². The molecule has 3 nitrogen and oxygen atoms in total. The van der Waals surface area contributed by atoms with Crippen molar-refractivity contribution >= 4 is 15.9 Å². The molecule has 0 bridgehead atoms. The first-order chi connectivity index (χ1) is 7.04. The van der Waals surface area contributed by atoms with E-state index in [1.165, 1.54) is 0 Å². The first kappa shape index (κ1) is 12.5. The zero-order chi connectivity index (χ0) is 11.4. The molecule has 1 aromatic carbocycles. The van der Waals surface area contributed by atoms with Crippen molar-refractivity contribution in [1.82, 2.24) is 5.32 Å². The number of rotatable bonds is 4. The molecule has 1 rings (SSSR count). The summed E-state index contributed by atoms with van der Waals surface area (Å²) in [6, 6.07) is 3.77. The number of hydrogen-bond donors (Lipinski definition) is 3. The minimum absolute atomic E-state index is 0.0312. The van der Waals surface area contributed by atoms with Crippen molar-refractivity contribution in [3.05, 3.63) is 27.7 Å². The standard InChI is InChI=1S/C11H16BrNO2/c1-7-3-10(12)4-9(11(7)15)5-13-8(2)6-14/h3-4,8,13-15H,5-6H2,1-2H3. The first-order valence-electron chi connectivity index (χ1n) is 4.86. The predicted octanol–water partition coefficient (Wildman–Crippen LogP) is 1.93. The molecule has 0 saturated carbocycles. The van der Waals surface area contributed by atoms with Crippen LogP contribution in [0.3, 0.4) is 0 Å². The van der Waals surface area contributed by atoms with E-state index in [2.05, 4.69) is 21.2 Å². The van der Waals surface area contributed by atoms with Gasteiger partial charge in [-0.2, -0.15) is 0 Å². The highest BCUT2D eigenvalue weighted by Crippen LogP contribution is 2.26. The van der Waals surface area contributed by atoms with Crippen molar-refractivity contribution in [2.24, 2.45) is 0 Å². The molecule has 0 amide bonds. The second-order valence-electron chi connectivity index (χ2n) is 3.69. The van der Waals surface area contributed by atoms with Gasteiger partial charge in [-0.15, -0.1) is 0 Å². The number of aromatic hydroxyl groups is 1. The number of halogens is 1. The van der Waals surface area contributed by atoms with E-state index in [9.17, 15) is 5.11 Å². The Balaban J connectivity index is 2.76. The number of hydrogen-bond acceptors (Lipinski definition) is 3. The van der Waals surface area contributed by atoms with Crippen molar-refractivity contribution in [3.8, 4) is 5.75 Å². The number of benzene rings is 1. The second-order valence-corrected chi connectivity index (χ2v) is 4.61. The predicted molar refractivity (Wildman–Crippen MR) is 63.9 cm³/mol. The SMILES string of the molecule is Cc1cc(Br)cc(CNC(C)CO)c1O. The summed E-state index contributed by atoms with van der Waals surface area (Å²) in [4.78, 5) is 0. The molecule has 1 aromatic rings. The van der Waals surface area contributed by atoms with Crippen LogP contribution >= 0.6 is 15.9 Å². The third-order valence-corrected chi connectivity index (χ3v) is 2.72. The van der Waals surface area contributed by atoms with Gasteiger partial charge >= 0.3 is 0 Å². The minimum atomic E-state index is 0.0312. The van der Waals surface area contributed by atoms with E-state index < -0.39 is 0 Å². The van der Waals surface area contributed by atoms with Crippen molar-refractivity contribution < 1.29 is 10.2 Å². The van der Waals surface area contributed by atoms with Crippen LogP contribution in [-0.2, 0) is 6.54 Å². The van der Waals surface area contributed by atoms with Crippen molar-refractivity contribution in [2.45, 2.75) is 26.4 Å². The highest BCUT2D eigenvalue weighted by atomic mass is 79.9. The Morgan fingerprint density at radius 3 is 2.73 bits per heavy atom. The summed E-state index contributed by atoms with van der Waals surface area (Å²) in [5.74, 6) is 0.316. The summed E-state index contributed by atoms with van der Waals surface area (Å²) in [7, 11) is 0. The van der Waals surface area contributed by atoms with E-state index in [0.717, 1.165) is 15.6 Å². The summed E-state index contributed by atoms with van der Waals surface area (Å²) in [6.45, 7) is 4.39. The van der Waals surface area contributed by atoms with Gasteiger partial charge in [0.2, 0.25) is 0 Å². The third kappa shape index (κ3) is 3.48. The molecule has 0 aliphatic rings. The largest absolute Gasteiger partial charge is 0.507 e. The molecule has 1 unspecified atom stereocenters. The van der Waals surface area contributed by atoms with E-state index in [1.807, 2.05) is 26.0 Å². The van der Waals surface area contributed by atoms with Gasteiger partial charge in [0.25, 0.3) is 0 Å². The molecule has 4 heteroatoms. The van der Waals surface area contributed by atoms with Crippen LogP contribution in [0.2, 0.25) is 0 Å². The molecule has 0 fully saturated rings. The molecule has 3 N–H and O–H groups in total. The molecule has 15 heavy (non-hydrogen) atoms. The van der Waals surface area contributed by atoms with Gasteiger partial charge in [-0.1, -0.05) is 15.9 Å². The summed E-state index contributed by atoms with van der Waals surface area (Å²) in [6.07, 6.45) is 0. The van der Waals surface area contributed by atoms with Crippen molar-refractivity contribution in [1.29, 1.82) is 0 Å². The average molecular weight is 274 g/mol. The summed E-state index contributed by atoms with van der Waals surface area (Å²) in [5, 5.41) is 21.8. The topological polar surface area (TPSA) is 52.5 Å². The van der Waals surface area contributed by atoms with Gasteiger partial charge in [0.15, 0.2) is 0 Å². The van der Waals surface area contributed by atoms with Crippen LogP contribution in [0.15, 0.2) is 16.6 Å². The molecule has 1 atom stereocenters. The molecule has 0 saturated heterocycles. The summed E-state index contributed by atoms with van der Waals surface area (Å²) < 4.78 is 0.950. The van der Waals surface area contributed by atoms with Gasteiger partial charge in [0.05, 0.1) is 6.61 Å². The second kappa shape index (κ2) is 5.49. The summed E-state index contributed by atoms with van der Waals surface area (Å²) in [5.41, 5.74) is 1.68. The van der Waals surface area contributed by atoms with E-state index in [0.29, 0.717) is 12.3 Å². The van der Waals surface area contributed by atoms with Gasteiger partial charge in [-0.3, -0.25) is 0 Å². The number of aliphatic hydroxyl groups is 1. The van der Waals surface area contributed by atoms with Gasteiger partial charge < -0.3 is 15.5 Å². The Morgan fingerprint density at radius 1 is 1.47 bits per heavy atom. The normalized spacial score (nSPS) is 12.8. The number of aryl methyl sites for hydroxylation is 1. The monoisotopic (exact) mass is 273 g/mol. The molecule has 0 aliphatic heterocycles. The fraction of sp³-hybridized carbons (Fsp3) is 0.455. The molecule has 0 aliphatic carbocycles. The fourth-order valence-electron chi connectivity index (χ4n) is 1.29. The number of phenolic OH excluding ortho intramolecular Hbond substituents is 1. The quantitative estimate of drug-likeness (QED) is 0.786. The number of nitrogens with one attached hydrogen (secondary N) is 1. The van der Waals surface area contributed by atoms with Gasteiger partial charge in [-0.25, -0.2) is 0 Å². The lowest BCUT2D eigenvalue weighted by molar-refractivity contribution is 0.250. The molecule has 0 heterocycles. The maximum atomic E-state index is 9.78. The lowest BCUT2D eigenvalue weighted by Crippen LogP contribution is -2.28. The zero-order valence-corrected chi connectivity index (χ0v) is 10.5. The average Bonchev–Trinajstić information content (AvgIpc) is 2.20. The Morgan fingerprint density at radius 2 is 2.13 bits per heavy atom. The zero-order valence-electron chi connectivity index (χ0n) is 8.92. The maximum absolute atomic E-state index is 9.78. The van der Waals surface area contributed by atoms with E-state index in [-0.39, 0.29) is 12.6 Å². The lowest BCUT2D eigenvalue weighted by atomic mass is 10.1. The van der Waals surface area contributed by atoms with Gasteiger partial charge in [0.1, 0.15) is 5.75 Å². The Labute approximate surface area is 98.3 Å². The number of aliphatic hydroxyl groups excluding tert-OH is 1. The fourth-order valence-corrected chi connectivity index (χ4v) is 1.91. The third-order valence-electron chi connectivity index (χ3n) is 2.26. The molecule has 84 valence electrons. The minimum Gasteiger partial charge on any atom is -0.507 e. The van der Waals surface area contributed by atoms with Crippen LogP contribution in [0.5, 0.6) is 5.75 Å². The van der Waals surface area contributed by atoms with E-state index in [1.54, 1.807) is 0 Å². The summed E-state index contributed by atoms with van der Waals surface area (Å²) >= 11 is 3.38. The molecular formula is C11H16BrNO2. The highest BCUT2D eigenvalue weighted by molar-refractivity contribution is 9.10. The Kier molecular flexibility index (Phi) is 4.57. The van der Waals surface area contributed by atoms with Crippen molar-refractivity contribution in [2.75, 3.05) is 6.61 Å². The first-order valence-corrected chi connectivity index (χ1v) is 5.66. The van der Waals surface area contributed by atoms with Crippen LogP contribution in [-0.4, -0.2) is 22.9 Å². The van der Waals surface area contributed by atoms with E-state index >= 15 is 0 Å². The Hall–Kier alpha value is -0.580. The molecule has 0 spiro atoms. The molecule has 0 radical (unpaired) electrons. The van der Waals surface area contributed by atoms with Crippen LogP contribution in [0.25, 0.3) is 0 Å². The smallest absolute Gasteiger partial charge is 0.123 e. The molecular weight excluding hydrogens is 258 g/mol. The Bertz CT molecular complexity index is 342. The highest BCUT2D eigenvalue weighted by Gasteiger charge is 2.07. The number of phenols is 1. The molecule has 0 aromatic heterocycles. The van der Waals surface area contributed by atoms with Crippen LogP contribution in [0, 0.1) is 6.92 Å². The van der Waals surface area contributed by atoms with Crippen LogP contribution in [0.4, 0.5) is 0 Å². The lowest BCUT2D eigenvalue weighted by Gasteiger charge is -2.13. The van der Waals surface area contributed by atoms with Crippen molar-refractivity contribution in [3.63, 3.8) is 0 Å². The maximum Gasteiger partial charge on any atom is 0.123 e. The van der Waals surface area contributed by atoms with Crippen LogP contribution in [0.1, 0.15) is 18.1 Å².